The van der Waals surface area contributed by atoms with Gasteiger partial charge >= 0.3 is 5.97 Å². The number of nitrogens with one attached hydrogen (secondary N) is 1. The van der Waals surface area contributed by atoms with Gasteiger partial charge in [-0.1, -0.05) is 13.8 Å². The van der Waals surface area contributed by atoms with E-state index in [9.17, 15) is 9.90 Å². The number of methoxy groups -OCH3 is 1. The van der Waals surface area contributed by atoms with Crippen LogP contribution in [0.5, 0.6) is 0 Å². The number of aliphatic imine (C=N–C) groups is 3. The molecule has 8 bridgehead atoms. The van der Waals surface area contributed by atoms with E-state index in [4.69, 9.17) is 19.7 Å². The predicted molar refractivity (Wildman–Crippen MR) is 164 cm³/mol. The van der Waals surface area contributed by atoms with Crippen LogP contribution in [0.2, 0.25) is 0 Å². The largest absolute Gasteiger partial charge is 0.512 e. The van der Waals surface area contributed by atoms with Crippen LogP contribution in [-0.4, -0.2) is 35.3 Å². The van der Waals surface area contributed by atoms with E-state index in [1.807, 2.05) is 13.0 Å². The SMILES string of the molecule is CCC1=C(C)C2=CC3=NC(=C(C)/C3=C(/C)O)C=C3NC(=C4CCC5=C(C)C(=CC1=N2)N=C54)[C@@H](CCC(=O)OC)[C@@H]3C. The number of nitrogens with zero attached hydrogens (tertiary/aromatic N) is 3. The highest BCUT2D eigenvalue weighted by Crippen LogP contribution is 2.46. The van der Waals surface area contributed by atoms with E-state index in [0.717, 1.165) is 75.9 Å². The third kappa shape index (κ3) is 4.33. The first-order valence-electron chi connectivity index (χ1n) is 14.6. The van der Waals surface area contributed by atoms with Gasteiger partial charge in [-0.3, -0.25) is 4.79 Å². The average molecular weight is 551 g/mol. The molecule has 2 fully saturated rings. The van der Waals surface area contributed by atoms with E-state index in [1.165, 1.54) is 29.4 Å². The first-order chi connectivity index (χ1) is 19.6. The Morgan fingerprint density at radius 2 is 1.71 bits per heavy atom. The molecule has 0 aromatic heterocycles. The number of ether oxygens (including phenoxy) is 1. The van der Waals surface area contributed by atoms with Crippen molar-refractivity contribution in [1.82, 2.24) is 5.32 Å². The molecule has 0 unspecified atom stereocenters. The summed E-state index contributed by atoms with van der Waals surface area (Å²) in [4.78, 5) is 27.5. The number of fused-ring (bicyclic) bond motifs is 5. The normalized spacial score (nSPS) is 26.2. The number of rotatable bonds is 4. The van der Waals surface area contributed by atoms with Crippen LogP contribution in [0, 0.1) is 11.8 Å². The summed E-state index contributed by atoms with van der Waals surface area (Å²) in [5.41, 5.74) is 15.4. The minimum Gasteiger partial charge on any atom is -0.512 e. The van der Waals surface area contributed by atoms with Crippen molar-refractivity contribution in [3.05, 3.63) is 91.5 Å². The van der Waals surface area contributed by atoms with Gasteiger partial charge in [-0.25, -0.2) is 15.0 Å². The first kappa shape index (κ1) is 27.2. The number of allylic oxidation sites excluding steroid dienone is 13. The zero-order valence-corrected chi connectivity index (χ0v) is 25.0. The van der Waals surface area contributed by atoms with Crippen molar-refractivity contribution in [2.24, 2.45) is 26.8 Å². The highest BCUT2D eigenvalue weighted by molar-refractivity contribution is 6.20. The molecule has 1 saturated heterocycles. The van der Waals surface area contributed by atoms with Gasteiger partial charge in [0.05, 0.1) is 47.1 Å². The molecule has 5 aliphatic heterocycles. The van der Waals surface area contributed by atoms with Crippen LogP contribution in [0.4, 0.5) is 0 Å². The summed E-state index contributed by atoms with van der Waals surface area (Å²) < 4.78 is 4.99. The van der Waals surface area contributed by atoms with E-state index < -0.39 is 0 Å². The minimum absolute atomic E-state index is 0.126. The summed E-state index contributed by atoms with van der Waals surface area (Å²) in [5.74, 6) is 0.313. The lowest BCUT2D eigenvalue weighted by atomic mass is 9.86. The summed E-state index contributed by atoms with van der Waals surface area (Å²) in [6, 6.07) is 0. The molecule has 6 rings (SSSR count). The summed E-state index contributed by atoms with van der Waals surface area (Å²) in [5, 5.41) is 14.5. The number of carbonyl (C=O) groups excluding carboxylic acids is 1. The lowest BCUT2D eigenvalue weighted by Crippen LogP contribution is -2.15. The van der Waals surface area contributed by atoms with Crippen LogP contribution in [0.25, 0.3) is 0 Å². The van der Waals surface area contributed by atoms with E-state index in [-0.39, 0.29) is 23.6 Å². The Morgan fingerprint density at radius 3 is 2.41 bits per heavy atom. The molecule has 2 atom stereocenters. The van der Waals surface area contributed by atoms with Crippen molar-refractivity contribution < 1.29 is 14.6 Å². The van der Waals surface area contributed by atoms with Crippen LogP contribution < -0.4 is 5.32 Å². The molecular weight excluding hydrogens is 512 g/mol. The van der Waals surface area contributed by atoms with E-state index in [2.05, 4.69) is 45.2 Å². The predicted octanol–water partition coefficient (Wildman–Crippen LogP) is 7.02. The molecular formula is C34H38N4O3. The lowest BCUT2D eigenvalue weighted by molar-refractivity contribution is -0.140. The molecule has 7 heteroatoms. The van der Waals surface area contributed by atoms with Crippen molar-refractivity contribution in [1.29, 1.82) is 0 Å². The molecule has 1 saturated carbocycles. The molecule has 5 heterocycles. The Morgan fingerprint density at radius 1 is 1.00 bits per heavy atom. The number of aliphatic hydroxyl groups is 1. The number of hydrogen-bond acceptors (Lipinski definition) is 7. The summed E-state index contributed by atoms with van der Waals surface area (Å²) in [6.07, 6.45) is 10.0. The molecule has 2 N–H and O–H groups in total. The van der Waals surface area contributed by atoms with Gasteiger partial charge in [-0.15, -0.1) is 0 Å². The van der Waals surface area contributed by atoms with Gasteiger partial charge in [0.2, 0.25) is 0 Å². The van der Waals surface area contributed by atoms with Crippen LogP contribution in [0.15, 0.2) is 106 Å². The molecule has 7 nitrogen and oxygen atoms in total. The maximum atomic E-state index is 12.2. The Balaban J connectivity index is 1.59. The van der Waals surface area contributed by atoms with Crippen LogP contribution >= 0.6 is 0 Å². The number of esters is 1. The van der Waals surface area contributed by atoms with Crippen LogP contribution in [0.1, 0.15) is 73.6 Å². The lowest BCUT2D eigenvalue weighted by Gasteiger charge is -2.17. The Hall–Kier alpha value is -4.00. The third-order valence-corrected chi connectivity index (χ3v) is 9.42. The quantitative estimate of drug-likeness (QED) is 0.290. The van der Waals surface area contributed by atoms with Gasteiger partial charge in [-0.2, -0.15) is 0 Å². The molecule has 0 aromatic carbocycles. The molecule has 0 spiro atoms. The van der Waals surface area contributed by atoms with E-state index in [1.54, 1.807) is 6.92 Å². The molecule has 212 valence electrons. The molecule has 0 amide bonds. The smallest absolute Gasteiger partial charge is 0.305 e. The van der Waals surface area contributed by atoms with Gasteiger partial charge in [0.25, 0.3) is 0 Å². The fraction of sp³-hybridized carbons (Fsp3) is 0.412. The van der Waals surface area contributed by atoms with Crippen molar-refractivity contribution >= 4 is 23.1 Å². The second-order valence-corrected chi connectivity index (χ2v) is 11.7. The topological polar surface area (TPSA) is 95.6 Å². The van der Waals surface area contributed by atoms with Gasteiger partial charge in [0, 0.05) is 35.2 Å². The highest BCUT2D eigenvalue weighted by Gasteiger charge is 2.40. The van der Waals surface area contributed by atoms with Crippen molar-refractivity contribution in [3.8, 4) is 0 Å². The first-order valence-corrected chi connectivity index (χ1v) is 14.6. The van der Waals surface area contributed by atoms with E-state index >= 15 is 0 Å². The number of hydrogen-bond donors (Lipinski definition) is 2. The van der Waals surface area contributed by atoms with Gasteiger partial charge in [0.15, 0.2) is 0 Å². The van der Waals surface area contributed by atoms with Gasteiger partial charge in [0.1, 0.15) is 0 Å². The van der Waals surface area contributed by atoms with Crippen LogP contribution in [0.3, 0.4) is 0 Å². The Labute approximate surface area is 242 Å². The number of aliphatic hydroxyl groups excluding tert-OH is 1. The molecule has 41 heavy (non-hydrogen) atoms. The van der Waals surface area contributed by atoms with Crippen LogP contribution in [-0.2, 0) is 9.53 Å². The monoisotopic (exact) mass is 550 g/mol. The molecule has 0 aromatic rings. The maximum absolute atomic E-state index is 12.2. The highest BCUT2D eigenvalue weighted by atomic mass is 16.5. The van der Waals surface area contributed by atoms with Crippen molar-refractivity contribution in [2.75, 3.05) is 7.11 Å². The molecule has 6 aliphatic rings. The van der Waals surface area contributed by atoms with E-state index in [0.29, 0.717) is 18.6 Å². The fourth-order valence-electron chi connectivity index (χ4n) is 7.03. The fourth-order valence-corrected chi connectivity index (χ4v) is 7.03. The zero-order chi connectivity index (χ0) is 29.2. The summed E-state index contributed by atoms with van der Waals surface area (Å²) in [6.45, 7) is 12.4. The molecule has 1 aliphatic carbocycles. The Kier molecular flexibility index (Phi) is 6.71. The second-order valence-electron chi connectivity index (χ2n) is 11.7. The van der Waals surface area contributed by atoms with Gasteiger partial charge < -0.3 is 15.2 Å². The Bertz CT molecular complexity index is 1640. The zero-order valence-electron chi connectivity index (χ0n) is 25.0. The number of carbonyl (C=O) groups is 1. The standard InChI is InChI=1S/C34H38N4O3/c1-8-21-16(2)25-15-30-32(20(6)39)19(5)28(36-30)13-26-18(4)23(11-12-31(40)41-7)34(37-26)24-10-9-22-17(3)27(38-33(22)24)14-29(21)35-25/h13-15,18,23,37,39H,8-12H2,1-7H3/b25-15?,26-13?,27-14?,32-20+,34-24?/t18-,23-/m0/s1. The van der Waals surface area contributed by atoms with Gasteiger partial charge in [-0.05, 0) is 105 Å². The van der Waals surface area contributed by atoms with Crippen molar-refractivity contribution in [3.63, 3.8) is 0 Å². The van der Waals surface area contributed by atoms with Crippen molar-refractivity contribution in [2.45, 2.75) is 73.6 Å². The third-order valence-electron chi connectivity index (χ3n) is 9.42. The second kappa shape index (κ2) is 10.1. The maximum Gasteiger partial charge on any atom is 0.305 e. The molecule has 0 radical (unpaired) electrons. The average Bonchev–Trinajstić information content (AvgIpc) is 3.70. The summed E-state index contributed by atoms with van der Waals surface area (Å²) in [7, 11) is 1.44. The summed E-state index contributed by atoms with van der Waals surface area (Å²) >= 11 is 0. The minimum atomic E-state index is -0.195.